The molecule has 0 saturated carbocycles. The van der Waals surface area contributed by atoms with Crippen molar-refractivity contribution in [3.8, 4) is 0 Å². The van der Waals surface area contributed by atoms with Gasteiger partial charge in [-0.3, -0.25) is 0 Å². The van der Waals surface area contributed by atoms with Crippen molar-refractivity contribution in [2.75, 3.05) is 18.8 Å². The molecule has 1 fully saturated rings. The van der Waals surface area contributed by atoms with E-state index in [2.05, 4.69) is 37.8 Å². The molecule has 1 nitrogen and oxygen atoms in total. The second-order valence-corrected chi connectivity index (χ2v) is 7.13. The van der Waals surface area contributed by atoms with Gasteiger partial charge in [0.25, 0.3) is 0 Å². The molecular weight excluding hydrogens is 214 g/mol. The van der Waals surface area contributed by atoms with Gasteiger partial charge in [0, 0.05) is 11.3 Å². The minimum atomic E-state index is 0.531. The molecule has 0 aromatic heterocycles. The lowest BCUT2D eigenvalue weighted by atomic mass is 9.99. The fraction of sp³-hybridized carbons (Fsp3) is 1.00. The topological polar surface area (TPSA) is 12.0 Å². The van der Waals surface area contributed by atoms with Crippen LogP contribution in [-0.2, 0) is 0 Å². The molecule has 2 atom stereocenters. The summed E-state index contributed by atoms with van der Waals surface area (Å²) in [6.45, 7) is 9.47. The molecule has 1 rings (SSSR count). The van der Waals surface area contributed by atoms with E-state index >= 15 is 0 Å². The van der Waals surface area contributed by atoms with E-state index < -0.39 is 0 Å². The number of nitrogens with one attached hydrogen (secondary N) is 1. The molecule has 1 saturated heterocycles. The molecule has 0 amide bonds. The normalized spacial score (nSPS) is 27.2. The number of rotatable bonds is 8. The van der Waals surface area contributed by atoms with Gasteiger partial charge in [-0.1, -0.05) is 33.1 Å². The molecule has 96 valence electrons. The Labute approximate surface area is 106 Å². The largest absolute Gasteiger partial charge is 0.315 e. The SMILES string of the molecule is CCCCC(CC)CNCC1(C)CCCS1. The van der Waals surface area contributed by atoms with Crippen molar-refractivity contribution in [2.24, 2.45) is 5.92 Å². The summed E-state index contributed by atoms with van der Waals surface area (Å²) in [6, 6.07) is 0. The van der Waals surface area contributed by atoms with E-state index in [0.29, 0.717) is 4.75 Å². The van der Waals surface area contributed by atoms with Crippen LogP contribution in [0.1, 0.15) is 59.3 Å². The van der Waals surface area contributed by atoms with Crippen LogP contribution in [0.25, 0.3) is 0 Å². The van der Waals surface area contributed by atoms with E-state index in [9.17, 15) is 0 Å². The second kappa shape index (κ2) is 7.60. The van der Waals surface area contributed by atoms with E-state index in [0.717, 1.165) is 5.92 Å². The van der Waals surface area contributed by atoms with Crippen LogP contribution in [0.3, 0.4) is 0 Å². The van der Waals surface area contributed by atoms with Crippen molar-refractivity contribution in [3.63, 3.8) is 0 Å². The van der Waals surface area contributed by atoms with Gasteiger partial charge < -0.3 is 5.32 Å². The maximum absolute atomic E-state index is 3.71. The van der Waals surface area contributed by atoms with Gasteiger partial charge >= 0.3 is 0 Å². The van der Waals surface area contributed by atoms with Crippen LogP contribution in [0.2, 0.25) is 0 Å². The Bertz CT molecular complexity index is 176. The molecule has 1 aliphatic heterocycles. The van der Waals surface area contributed by atoms with Crippen LogP contribution in [0, 0.1) is 5.92 Å². The first-order valence-electron chi connectivity index (χ1n) is 7.05. The second-order valence-electron chi connectivity index (χ2n) is 5.45. The molecule has 2 heteroatoms. The molecule has 16 heavy (non-hydrogen) atoms. The minimum Gasteiger partial charge on any atom is -0.315 e. The number of unbranched alkanes of at least 4 members (excludes halogenated alkanes) is 1. The Morgan fingerprint density at radius 2 is 2.19 bits per heavy atom. The number of hydrogen-bond donors (Lipinski definition) is 1. The van der Waals surface area contributed by atoms with Gasteiger partial charge in [-0.05, 0) is 44.4 Å². The van der Waals surface area contributed by atoms with Crippen LogP contribution in [-0.4, -0.2) is 23.6 Å². The third-order valence-electron chi connectivity index (χ3n) is 3.78. The van der Waals surface area contributed by atoms with Crippen LogP contribution in [0.15, 0.2) is 0 Å². The molecule has 1 heterocycles. The molecule has 1 N–H and O–H groups in total. The van der Waals surface area contributed by atoms with Crippen LogP contribution in [0.5, 0.6) is 0 Å². The van der Waals surface area contributed by atoms with E-state index in [1.54, 1.807) is 0 Å². The van der Waals surface area contributed by atoms with Crippen LogP contribution < -0.4 is 5.32 Å². The van der Waals surface area contributed by atoms with Crippen molar-refractivity contribution in [2.45, 2.75) is 64.0 Å². The van der Waals surface area contributed by atoms with Crippen molar-refractivity contribution in [3.05, 3.63) is 0 Å². The molecule has 0 bridgehead atoms. The molecule has 0 aromatic rings. The third kappa shape index (κ3) is 5.09. The highest BCUT2D eigenvalue weighted by atomic mass is 32.2. The van der Waals surface area contributed by atoms with Crippen molar-refractivity contribution >= 4 is 11.8 Å². The fourth-order valence-corrected chi connectivity index (χ4v) is 3.73. The van der Waals surface area contributed by atoms with Crippen LogP contribution >= 0.6 is 11.8 Å². The van der Waals surface area contributed by atoms with E-state index in [1.165, 1.54) is 57.4 Å². The van der Waals surface area contributed by atoms with Crippen LogP contribution in [0.4, 0.5) is 0 Å². The first-order chi connectivity index (χ1) is 7.70. The molecule has 0 aromatic carbocycles. The summed E-state index contributed by atoms with van der Waals surface area (Å²) < 4.78 is 0.531. The number of hydrogen-bond acceptors (Lipinski definition) is 2. The highest BCUT2D eigenvalue weighted by Crippen LogP contribution is 2.36. The molecule has 0 spiro atoms. The van der Waals surface area contributed by atoms with Gasteiger partial charge in [0.05, 0.1) is 0 Å². The summed E-state index contributed by atoms with van der Waals surface area (Å²) in [5.74, 6) is 2.26. The average Bonchev–Trinajstić information content (AvgIpc) is 2.70. The molecule has 0 radical (unpaired) electrons. The van der Waals surface area contributed by atoms with Gasteiger partial charge in [-0.2, -0.15) is 11.8 Å². The number of thioether (sulfide) groups is 1. The lowest BCUT2D eigenvalue weighted by Crippen LogP contribution is -2.35. The first-order valence-corrected chi connectivity index (χ1v) is 8.03. The van der Waals surface area contributed by atoms with Gasteiger partial charge in [-0.25, -0.2) is 0 Å². The van der Waals surface area contributed by atoms with Gasteiger partial charge in [0.2, 0.25) is 0 Å². The fourth-order valence-electron chi connectivity index (χ4n) is 2.46. The van der Waals surface area contributed by atoms with Gasteiger partial charge in [-0.15, -0.1) is 0 Å². The smallest absolute Gasteiger partial charge is 0.0256 e. The minimum absolute atomic E-state index is 0.531. The molecule has 2 unspecified atom stereocenters. The first kappa shape index (κ1) is 14.4. The monoisotopic (exact) mass is 243 g/mol. The standard InChI is InChI=1S/C14H29NS/c1-4-6-8-13(5-2)11-15-12-14(3)9-7-10-16-14/h13,15H,4-12H2,1-3H3. The zero-order valence-electron chi connectivity index (χ0n) is 11.3. The maximum atomic E-state index is 3.71. The molecule has 0 aliphatic carbocycles. The summed E-state index contributed by atoms with van der Waals surface area (Å²) in [4.78, 5) is 0. The highest BCUT2D eigenvalue weighted by molar-refractivity contribution is 8.00. The summed E-state index contributed by atoms with van der Waals surface area (Å²) in [5.41, 5.74) is 0. The van der Waals surface area contributed by atoms with E-state index in [-0.39, 0.29) is 0 Å². The van der Waals surface area contributed by atoms with Gasteiger partial charge in [0.1, 0.15) is 0 Å². The summed E-state index contributed by atoms with van der Waals surface area (Å²) >= 11 is 2.16. The summed E-state index contributed by atoms with van der Waals surface area (Å²) in [7, 11) is 0. The summed E-state index contributed by atoms with van der Waals surface area (Å²) in [6.07, 6.45) is 8.28. The zero-order chi connectivity index (χ0) is 11.9. The Morgan fingerprint density at radius 1 is 1.38 bits per heavy atom. The Morgan fingerprint density at radius 3 is 2.75 bits per heavy atom. The quantitative estimate of drug-likeness (QED) is 0.689. The highest BCUT2D eigenvalue weighted by Gasteiger charge is 2.28. The Balaban J connectivity index is 2.12. The van der Waals surface area contributed by atoms with E-state index in [1.807, 2.05) is 0 Å². The maximum Gasteiger partial charge on any atom is 0.0256 e. The third-order valence-corrected chi connectivity index (χ3v) is 5.31. The van der Waals surface area contributed by atoms with Crippen molar-refractivity contribution < 1.29 is 0 Å². The lowest BCUT2D eigenvalue weighted by Gasteiger charge is -2.24. The van der Waals surface area contributed by atoms with Gasteiger partial charge in [0.15, 0.2) is 0 Å². The Kier molecular flexibility index (Phi) is 6.83. The average molecular weight is 243 g/mol. The summed E-state index contributed by atoms with van der Waals surface area (Å²) in [5, 5.41) is 3.71. The predicted molar refractivity (Wildman–Crippen MR) is 76.3 cm³/mol. The Hall–Kier alpha value is 0.310. The zero-order valence-corrected chi connectivity index (χ0v) is 12.2. The van der Waals surface area contributed by atoms with Crippen molar-refractivity contribution in [1.82, 2.24) is 5.32 Å². The lowest BCUT2D eigenvalue weighted by molar-refractivity contribution is 0.406. The molecule has 1 aliphatic rings. The van der Waals surface area contributed by atoms with Crippen molar-refractivity contribution in [1.29, 1.82) is 0 Å². The van der Waals surface area contributed by atoms with E-state index in [4.69, 9.17) is 0 Å². The predicted octanol–water partition coefficient (Wildman–Crippen LogP) is 4.08. The molecular formula is C14H29NS.